The molecule has 0 spiro atoms. The maximum Gasteiger partial charge on any atom is 0.0702 e. The first-order valence-corrected chi connectivity index (χ1v) is 16.9. The van der Waals surface area contributed by atoms with Gasteiger partial charge < -0.3 is 0 Å². The second kappa shape index (κ2) is 11.1. The number of fused-ring (bicyclic) bond motifs is 6. The first-order valence-electron chi connectivity index (χ1n) is 16.9. The molecule has 3 aliphatic rings. The van der Waals surface area contributed by atoms with Crippen molar-refractivity contribution in [3.05, 3.63) is 168 Å². The Kier molecular flexibility index (Phi) is 6.54. The van der Waals surface area contributed by atoms with E-state index in [2.05, 4.69) is 147 Å². The van der Waals surface area contributed by atoms with E-state index in [-0.39, 0.29) is 5.92 Å². The van der Waals surface area contributed by atoms with E-state index in [0.29, 0.717) is 0 Å². The molecule has 3 aliphatic carbocycles. The summed E-state index contributed by atoms with van der Waals surface area (Å²) in [5.41, 5.74) is 19.6. The quantitative estimate of drug-likeness (QED) is 0.196. The van der Waals surface area contributed by atoms with Crippen molar-refractivity contribution in [2.24, 2.45) is 0 Å². The van der Waals surface area contributed by atoms with Gasteiger partial charge in [-0.3, -0.25) is 4.98 Å². The van der Waals surface area contributed by atoms with Crippen molar-refractivity contribution >= 4 is 16.3 Å². The molecule has 1 unspecified atom stereocenters. The van der Waals surface area contributed by atoms with Crippen LogP contribution in [0.4, 0.5) is 0 Å². The summed E-state index contributed by atoms with van der Waals surface area (Å²) >= 11 is 0. The highest BCUT2D eigenvalue weighted by molar-refractivity contribution is 6.16. The van der Waals surface area contributed by atoms with E-state index in [0.717, 1.165) is 17.7 Å². The fraction of sp³-hybridized carbons (Fsp3) is 0.109. The molecule has 1 atom stereocenters. The van der Waals surface area contributed by atoms with Crippen molar-refractivity contribution in [1.29, 1.82) is 0 Å². The van der Waals surface area contributed by atoms with E-state index in [1.54, 1.807) is 0 Å². The zero-order valence-corrected chi connectivity index (χ0v) is 26.8. The van der Waals surface area contributed by atoms with Gasteiger partial charge in [0.15, 0.2) is 0 Å². The Bertz CT molecular complexity index is 2380. The topological polar surface area (TPSA) is 12.9 Å². The van der Waals surface area contributed by atoms with E-state index < -0.39 is 0 Å². The van der Waals surface area contributed by atoms with Crippen LogP contribution in [-0.2, 0) is 6.42 Å². The molecule has 0 saturated heterocycles. The van der Waals surface area contributed by atoms with Crippen LogP contribution in [0.3, 0.4) is 0 Å². The maximum atomic E-state index is 4.78. The molecular weight excluding hydrogens is 567 g/mol. The van der Waals surface area contributed by atoms with E-state index >= 15 is 0 Å². The average Bonchev–Trinajstić information content (AvgIpc) is 3.63. The molecule has 224 valence electrons. The van der Waals surface area contributed by atoms with Crippen molar-refractivity contribution < 1.29 is 0 Å². The number of hydrogen-bond acceptors (Lipinski definition) is 1. The fourth-order valence-corrected chi connectivity index (χ4v) is 7.98. The Morgan fingerprint density at radius 1 is 0.553 bits per heavy atom. The summed E-state index contributed by atoms with van der Waals surface area (Å²) in [6.45, 7) is 4.25. The summed E-state index contributed by atoms with van der Waals surface area (Å²) in [6, 6.07) is 49.4. The van der Waals surface area contributed by atoms with E-state index in [1.807, 2.05) is 12.3 Å². The summed E-state index contributed by atoms with van der Waals surface area (Å²) in [4.78, 5) is 4.78. The number of allylic oxidation sites excluding steroid dienone is 1. The standard InChI is InChI=1S/C43H27N.C3H8/c1-3-13-35-33(11-1)37-15-7-9-26-19-30(24-39(35)42(26)37)28-21-29(23-32(22-28)41-17-5-6-18-44-41)31-20-27-10-8-16-38-34-12-2-4-14-36(34)40(25-31)43(27)38;1-3-2/h1-19,21-25,31H,20H2;3H2,1-2H3. The minimum Gasteiger partial charge on any atom is -0.256 e. The van der Waals surface area contributed by atoms with Gasteiger partial charge in [-0.25, -0.2) is 0 Å². The van der Waals surface area contributed by atoms with Crippen LogP contribution in [0.5, 0.6) is 0 Å². The number of aromatic nitrogens is 1. The van der Waals surface area contributed by atoms with Crippen LogP contribution in [0.15, 0.2) is 146 Å². The van der Waals surface area contributed by atoms with E-state index in [1.165, 1.54) is 89.5 Å². The second-order valence-corrected chi connectivity index (χ2v) is 13.0. The van der Waals surface area contributed by atoms with Crippen LogP contribution in [0.2, 0.25) is 0 Å². The minimum absolute atomic E-state index is 0.268. The highest BCUT2D eigenvalue weighted by Gasteiger charge is 2.31. The first-order chi connectivity index (χ1) is 23.2. The van der Waals surface area contributed by atoms with Crippen LogP contribution in [0.25, 0.3) is 72.1 Å². The van der Waals surface area contributed by atoms with Crippen molar-refractivity contribution in [3.63, 3.8) is 0 Å². The number of rotatable bonds is 3. The van der Waals surface area contributed by atoms with Crippen molar-refractivity contribution in [2.75, 3.05) is 0 Å². The van der Waals surface area contributed by atoms with E-state index in [4.69, 9.17) is 4.98 Å². The molecule has 0 saturated carbocycles. The lowest BCUT2D eigenvalue weighted by molar-refractivity contribution is 0.825. The predicted octanol–water partition coefficient (Wildman–Crippen LogP) is 12.4. The Hall–Kier alpha value is -5.53. The Morgan fingerprint density at radius 3 is 1.98 bits per heavy atom. The molecule has 6 aromatic carbocycles. The van der Waals surface area contributed by atoms with Gasteiger partial charge in [0.25, 0.3) is 0 Å². The van der Waals surface area contributed by atoms with Crippen LogP contribution in [0.1, 0.15) is 48.4 Å². The molecule has 0 bridgehead atoms. The molecule has 0 fully saturated rings. The van der Waals surface area contributed by atoms with Gasteiger partial charge in [0.05, 0.1) is 5.69 Å². The highest BCUT2D eigenvalue weighted by atomic mass is 14.7. The monoisotopic (exact) mass is 601 g/mol. The summed E-state index contributed by atoms with van der Waals surface area (Å²) < 4.78 is 0. The summed E-state index contributed by atoms with van der Waals surface area (Å²) in [7, 11) is 0. The normalized spacial score (nSPS) is 14.5. The van der Waals surface area contributed by atoms with Gasteiger partial charge in [0, 0.05) is 17.7 Å². The molecule has 7 aromatic rings. The summed E-state index contributed by atoms with van der Waals surface area (Å²) in [5.74, 6) is 0.268. The van der Waals surface area contributed by atoms with Crippen LogP contribution in [-0.4, -0.2) is 4.98 Å². The van der Waals surface area contributed by atoms with Gasteiger partial charge in [-0.2, -0.15) is 0 Å². The van der Waals surface area contributed by atoms with Crippen molar-refractivity contribution in [2.45, 2.75) is 32.6 Å². The number of nitrogens with zero attached hydrogens (tertiary/aromatic N) is 1. The molecule has 47 heavy (non-hydrogen) atoms. The zero-order valence-electron chi connectivity index (χ0n) is 26.8. The van der Waals surface area contributed by atoms with Gasteiger partial charge in [-0.15, -0.1) is 0 Å². The van der Waals surface area contributed by atoms with Crippen LogP contribution >= 0.6 is 0 Å². The Morgan fingerprint density at radius 2 is 1.19 bits per heavy atom. The molecular formula is C46H35N. The number of benzene rings is 6. The molecule has 0 radical (unpaired) electrons. The first kappa shape index (κ1) is 27.8. The van der Waals surface area contributed by atoms with Gasteiger partial charge in [-0.05, 0) is 126 Å². The van der Waals surface area contributed by atoms with Crippen molar-refractivity contribution in [1.82, 2.24) is 4.98 Å². The van der Waals surface area contributed by atoms with Crippen LogP contribution < -0.4 is 0 Å². The lowest BCUT2D eigenvalue weighted by atomic mass is 9.79. The third kappa shape index (κ3) is 4.42. The number of hydrogen-bond donors (Lipinski definition) is 0. The Balaban J connectivity index is 0.000000974. The zero-order chi connectivity index (χ0) is 31.5. The van der Waals surface area contributed by atoms with Crippen LogP contribution in [0, 0.1) is 0 Å². The molecule has 1 nitrogen and oxygen atoms in total. The smallest absolute Gasteiger partial charge is 0.0702 e. The molecule has 0 amide bonds. The third-order valence-corrected chi connectivity index (χ3v) is 9.90. The van der Waals surface area contributed by atoms with Gasteiger partial charge in [0.2, 0.25) is 0 Å². The minimum atomic E-state index is 0.268. The van der Waals surface area contributed by atoms with Crippen molar-refractivity contribution in [3.8, 4) is 55.8 Å². The molecule has 0 N–H and O–H groups in total. The molecule has 1 aromatic heterocycles. The lowest BCUT2D eigenvalue weighted by Gasteiger charge is -2.24. The summed E-state index contributed by atoms with van der Waals surface area (Å²) in [5, 5.41) is 2.66. The predicted molar refractivity (Wildman–Crippen MR) is 198 cm³/mol. The van der Waals surface area contributed by atoms with E-state index in [9.17, 15) is 0 Å². The Labute approximate surface area is 276 Å². The fourth-order valence-electron chi connectivity index (χ4n) is 7.98. The molecule has 1 heteroatoms. The summed E-state index contributed by atoms with van der Waals surface area (Å²) in [6.07, 6.45) is 6.67. The largest absolute Gasteiger partial charge is 0.256 e. The molecule has 1 heterocycles. The number of pyridine rings is 1. The SMILES string of the molecule is C1=C2c3ccccc3-c3cccc(c32)CC1c1cc(-c2cc3c4c(cccc4c2)-c2ccccc2-3)cc(-c2ccccn2)c1.CCC. The second-order valence-electron chi connectivity index (χ2n) is 13.0. The molecule has 10 rings (SSSR count). The highest BCUT2D eigenvalue weighted by Crippen LogP contribution is 2.51. The lowest BCUT2D eigenvalue weighted by Crippen LogP contribution is -2.09. The van der Waals surface area contributed by atoms with Gasteiger partial charge in [0.1, 0.15) is 0 Å². The third-order valence-electron chi connectivity index (χ3n) is 9.90. The average molecular weight is 602 g/mol. The van der Waals surface area contributed by atoms with Gasteiger partial charge >= 0.3 is 0 Å². The maximum absolute atomic E-state index is 4.78. The molecule has 0 aliphatic heterocycles. The van der Waals surface area contributed by atoms with Gasteiger partial charge in [-0.1, -0.05) is 123 Å².